The molecule has 0 aromatic heterocycles. The maximum atomic E-state index is 12.1. The molecular weight excluding hydrogens is 272 g/mol. The molecule has 0 aliphatic carbocycles. The lowest BCUT2D eigenvalue weighted by molar-refractivity contribution is -0.147. The summed E-state index contributed by atoms with van der Waals surface area (Å²) in [6.45, 7) is 3.12. The molecule has 0 bridgehead atoms. The number of ether oxygens (including phenoxy) is 1. The Balaban J connectivity index is 3.07. The van der Waals surface area contributed by atoms with Gasteiger partial charge in [0.05, 0.1) is 7.11 Å². The molecule has 0 amide bonds. The molecule has 0 aliphatic rings. The molecule has 3 nitrogen and oxygen atoms in total. The van der Waals surface area contributed by atoms with E-state index in [-0.39, 0.29) is 5.78 Å². The molecule has 0 saturated carbocycles. The second kappa shape index (κ2) is 4.78. The van der Waals surface area contributed by atoms with Crippen molar-refractivity contribution >= 4 is 27.7 Å². The predicted octanol–water partition coefficient (Wildman–Crippen LogP) is 2.83. The zero-order valence-corrected chi connectivity index (χ0v) is 11.0. The summed E-state index contributed by atoms with van der Waals surface area (Å²) in [6, 6.07) is 6.94. The highest BCUT2D eigenvalue weighted by Gasteiger charge is 2.37. The van der Waals surface area contributed by atoms with Crippen molar-refractivity contribution in [3.8, 4) is 0 Å². The van der Waals surface area contributed by atoms with Crippen molar-refractivity contribution in [1.29, 1.82) is 0 Å². The topological polar surface area (TPSA) is 43.4 Å². The highest BCUT2D eigenvalue weighted by molar-refractivity contribution is 9.10. The van der Waals surface area contributed by atoms with Gasteiger partial charge in [0.2, 0.25) is 0 Å². The van der Waals surface area contributed by atoms with Gasteiger partial charge in [0.25, 0.3) is 0 Å². The Kier molecular flexibility index (Phi) is 3.86. The van der Waals surface area contributed by atoms with Crippen LogP contribution in [0.1, 0.15) is 24.2 Å². The number of rotatable bonds is 3. The van der Waals surface area contributed by atoms with E-state index in [2.05, 4.69) is 20.7 Å². The maximum absolute atomic E-state index is 12.1. The molecule has 0 saturated heterocycles. The van der Waals surface area contributed by atoms with Crippen molar-refractivity contribution in [3.63, 3.8) is 0 Å². The number of halogens is 1. The van der Waals surface area contributed by atoms with Gasteiger partial charge in [-0.2, -0.15) is 0 Å². The lowest BCUT2D eigenvalue weighted by atomic mass is 9.84. The fourth-order valence-electron chi connectivity index (χ4n) is 1.34. The summed E-state index contributed by atoms with van der Waals surface area (Å²) in [5, 5.41) is 0. The van der Waals surface area contributed by atoms with Crippen LogP contribution in [0.2, 0.25) is 0 Å². The van der Waals surface area contributed by atoms with Crippen LogP contribution in [-0.4, -0.2) is 18.9 Å². The summed E-state index contributed by atoms with van der Waals surface area (Å²) in [4.78, 5) is 23.6. The average Bonchev–Trinajstić information content (AvgIpc) is 2.26. The standard InChI is InChI=1S/C12H13BrO3/c1-12(2,11(15)16-3)10(14)8-5-4-6-9(13)7-8/h4-7H,1-3H3. The summed E-state index contributed by atoms with van der Waals surface area (Å²) in [6.07, 6.45) is 0. The van der Waals surface area contributed by atoms with Crippen LogP contribution in [0.4, 0.5) is 0 Å². The van der Waals surface area contributed by atoms with Gasteiger partial charge in [-0.15, -0.1) is 0 Å². The molecule has 0 atom stereocenters. The number of hydrogen-bond donors (Lipinski definition) is 0. The molecule has 4 heteroatoms. The average molecular weight is 285 g/mol. The molecule has 1 aromatic rings. The smallest absolute Gasteiger partial charge is 0.319 e. The number of benzene rings is 1. The zero-order chi connectivity index (χ0) is 12.3. The molecule has 0 N–H and O–H groups in total. The number of esters is 1. The van der Waals surface area contributed by atoms with Crippen LogP contribution in [0.3, 0.4) is 0 Å². The van der Waals surface area contributed by atoms with Gasteiger partial charge in [0, 0.05) is 10.0 Å². The van der Waals surface area contributed by atoms with E-state index in [0.717, 1.165) is 4.47 Å². The largest absolute Gasteiger partial charge is 0.468 e. The van der Waals surface area contributed by atoms with Gasteiger partial charge in [-0.05, 0) is 26.0 Å². The fourth-order valence-corrected chi connectivity index (χ4v) is 1.74. The second-order valence-corrected chi connectivity index (χ2v) is 4.87. The van der Waals surface area contributed by atoms with Gasteiger partial charge in [0.15, 0.2) is 5.78 Å². The number of methoxy groups -OCH3 is 1. The van der Waals surface area contributed by atoms with E-state index in [1.165, 1.54) is 7.11 Å². The van der Waals surface area contributed by atoms with E-state index in [1.807, 2.05) is 6.07 Å². The monoisotopic (exact) mass is 284 g/mol. The van der Waals surface area contributed by atoms with Gasteiger partial charge in [-0.1, -0.05) is 28.1 Å². The Morgan fingerprint density at radius 2 is 1.94 bits per heavy atom. The SMILES string of the molecule is COC(=O)C(C)(C)C(=O)c1cccc(Br)c1. The van der Waals surface area contributed by atoms with E-state index in [1.54, 1.807) is 32.0 Å². The van der Waals surface area contributed by atoms with Crippen LogP contribution < -0.4 is 0 Å². The normalized spacial score (nSPS) is 11.0. The number of ketones is 1. The molecule has 1 aromatic carbocycles. The predicted molar refractivity (Wildman–Crippen MR) is 64.3 cm³/mol. The van der Waals surface area contributed by atoms with Crippen LogP contribution in [0.15, 0.2) is 28.7 Å². The first-order valence-corrected chi connectivity index (χ1v) is 5.57. The maximum Gasteiger partial charge on any atom is 0.319 e. The van der Waals surface area contributed by atoms with Crippen molar-refractivity contribution in [2.45, 2.75) is 13.8 Å². The Morgan fingerprint density at radius 3 is 2.44 bits per heavy atom. The Bertz CT molecular complexity index is 424. The second-order valence-electron chi connectivity index (χ2n) is 3.96. The number of carbonyl (C=O) groups is 2. The Hall–Kier alpha value is -1.16. The lowest BCUT2D eigenvalue weighted by Crippen LogP contribution is -2.34. The Labute approximate surface area is 103 Å². The highest BCUT2D eigenvalue weighted by Crippen LogP contribution is 2.24. The fraction of sp³-hybridized carbons (Fsp3) is 0.333. The van der Waals surface area contributed by atoms with E-state index < -0.39 is 11.4 Å². The van der Waals surface area contributed by atoms with Crippen LogP contribution in [-0.2, 0) is 9.53 Å². The number of Topliss-reactive ketones (excluding diaryl/α,β-unsaturated/α-hetero) is 1. The molecule has 0 aliphatic heterocycles. The van der Waals surface area contributed by atoms with Gasteiger partial charge < -0.3 is 4.74 Å². The quantitative estimate of drug-likeness (QED) is 0.487. The molecule has 0 heterocycles. The summed E-state index contributed by atoms with van der Waals surface area (Å²) in [5.74, 6) is -0.780. The third-order valence-corrected chi connectivity index (χ3v) is 2.84. The molecule has 16 heavy (non-hydrogen) atoms. The first kappa shape index (κ1) is 12.9. The van der Waals surface area contributed by atoms with E-state index in [0.29, 0.717) is 5.56 Å². The summed E-state index contributed by atoms with van der Waals surface area (Å²) in [7, 11) is 1.28. The molecule has 0 spiro atoms. The van der Waals surface area contributed by atoms with Gasteiger partial charge >= 0.3 is 5.97 Å². The van der Waals surface area contributed by atoms with Crippen molar-refractivity contribution in [2.75, 3.05) is 7.11 Å². The molecule has 86 valence electrons. The van der Waals surface area contributed by atoms with Crippen LogP contribution >= 0.6 is 15.9 Å². The van der Waals surface area contributed by atoms with E-state index >= 15 is 0 Å². The van der Waals surface area contributed by atoms with E-state index in [9.17, 15) is 9.59 Å². The molecule has 1 rings (SSSR count). The summed E-state index contributed by atoms with van der Waals surface area (Å²) < 4.78 is 5.42. The van der Waals surface area contributed by atoms with Crippen LogP contribution in [0.5, 0.6) is 0 Å². The molecule has 0 radical (unpaired) electrons. The zero-order valence-electron chi connectivity index (χ0n) is 9.41. The molecule has 0 fully saturated rings. The summed E-state index contributed by atoms with van der Waals surface area (Å²) >= 11 is 3.28. The van der Waals surface area contributed by atoms with Crippen molar-refractivity contribution < 1.29 is 14.3 Å². The number of hydrogen-bond acceptors (Lipinski definition) is 3. The first-order valence-electron chi connectivity index (χ1n) is 4.78. The minimum Gasteiger partial charge on any atom is -0.468 e. The first-order chi connectivity index (χ1) is 7.39. The third-order valence-electron chi connectivity index (χ3n) is 2.35. The molecular formula is C12H13BrO3. The van der Waals surface area contributed by atoms with Gasteiger partial charge in [0.1, 0.15) is 5.41 Å². The van der Waals surface area contributed by atoms with Crippen molar-refractivity contribution in [2.24, 2.45) is 5.41 Å². The van der Waals surface area contributed by atoms with E-state index in [4.69, 9.17) is 0 Å². The van der Waals surface area contributed by atoms with Crippen LogP contribution in [0.25, 0.3) is 0 Å². The Morgan fingerprint density at radius 1 is 1.31 bits per heavy atom. The summed E-state index contributed by atoms with van der Waals surface area (Å²) in [5.41, 5.74) is -0.667. The minimum atomic E-state index is -1.16. The minimum absolute atomic E-state index is 0.249. The third kappa shape index (κ3) is 2.50. The van der Waals surface area contributed by atoms with Gasteiger partial charge in [-0.3, -0.25) is 9.59 Å². The van der Waals surface area contributed by atoms with Crippen molar-refractivity contribution in [1.82, 2.24) is 0 Å². The highest BCUT2D eigenvalue weighted by atomic mass is 79.9. The number of carbonyl (C=O) groups excluding carboxylic acids is 2. The van der Waals surface area contributed by atoms with Crippen molar-refractivity contribution in [3.05, 3.63) is 34.3 Å². The lowest BCUT2D eigenvalue weighted by Gasteiger charge is -2.19. The van der Waals surface area contributed by atoms with Crippen LogP contribution in [0, 0.1) is 5.41 Å². The van der Waals surface area contributed by atoms with Gasteiger partial charge in [-0.25, -0.2) is 0 Å². The molecule has 0 unspecified atom stereocenters.